The highest BCUT2D eigenvalue weighted by Crippen LogP contribution is 2.57. The van der Waals surface area contributed by atoms with Gasteiger partial charge in [-0.3, -0.25) is 9.89 Å². The number of pyridine rings is 1. The quantitative estimate of drug-likeness (QED) is 0.504. The van der Waals surface area contributed by atoms with Crippen molar-refractivity contribution in [2.24, 2.45) is 17.8 Å². The second-order valence-electron chi connectivity index (χ2n) is 11.0. The van der Waals surface area contributed by atoms with Crippen molar-refractivity contribution in [3.05, 3.63) is 35.8 Å². The lowest BCUT2D eigenvalue weighted by molar-refractivity contribution is -0.0439. The van der Waals surface area contributed by atoms with E-state index in [0.717, 1.165) is 37.0 Å². The number of aromatic amines is 1. The molecule has 190 valence electrons. The van der Waals surface area contributed by atoms with Crippen LogP contribution in [0.5, 0.6) is 6.01 Å². The van der Waals surface area contributed by atoms with Crippen LogP contribution in [0.15, 0.2) is 24.4 Å². The van der Waals surface area contributed by atoms with Crippen molar-refractivity contribution in [3.8, 4) is 12.1 Å². The summed E-state index contributed by atoms with van der Waals surface area (Å²) < 4.78 is 21.4. The summed E-state index contributed by atoms with van der Waals surface area (Å²) in [4.78, 5) is 28.1. The standard InChI is InChI=1S/C26H27FN8O2/c27-19-12-35(5-3-17(19)22-18-2-1-4-29-23(18)34-33-22)21-7-20(24(36)32-26-8-14(9-26)10-26)30-25(31-21)37-13-16-6-15(16)11-28/h1-2,4,7,14-17,19H,3,5-6,8-10,12-13H2,(H,32,36)(H,29,33,34)/t14?,15-,16+,17+,19-,26?/m0/s1. The molecule has 10 nitrogen and oxygen atoms in total. The number of halogens is 1. The van der Waals surface area contributed by atoms with Gasteiger partial charge in [-0.2, -0.15) is 20.3 Å². The van der Waals surface area contributed by atoms with E-state index >= 15 is 4.39 Å². The van der Waals surface area contributed by atoms with Gasteiger partial charge in [-0.05, 0) is 50.2 Å². The van der Waals surface area contributed by atoms with E-state index in [-0.39, 0.29) is 47.4 Å². The molecular formula is C26H27FN8O2. The lowest BCUT2D eigenvalue weighted by Crippen LogP contribution is -2.68. The molecule has 8 rings (SSSR count). The molecule has 0 unspecified atom stereocenters. The fourth-order valence-corrected chi connectivity index (χ4v) is 6.04. The van der Waals surface area contributed by atoms with Gasteiger partial charge in [0.2, 0.25) is 0 Å². The van der Waals surface area contributed by atoms with Gasteiger partial charge in [-0.15, -0.1) is 0 Å². The van der Waals surface area contributed by atoms with E-state index in [0.29, 0.717) is 36.7 Å². The molecule has 4 atom stereocenters. The van der Waals surface area contributed by atoms with Gasteiger partial charge in [-0.25, -0.2) is 9.37 Å². The molecule has 1 saturated heterocycles. The third kappa shape index (κ3) is 3.95. The van der Waals surface area contributed by atoms with Gasteiger partial charge >= 0.3 is 6.01 Å². The first-order valence-corrected chi connectivity index (χ1v) is 12.9. The largest absolute Gasteiger partial charge is 0.463 e. The molecule has 0 radical (unpaired) electrons. The number of nitrogens with one attached hydrogen (secondary N) is 2. The molecule has 4 saturated carbocycles. The predicted molar refractivity (Wildman–Crippen MR) is 131 cm³/mol. The van der Waals surface area contributed by atoms with E-state index in [2.05, 4.69) is 36.5 Å². The van der Waals surface area contributed by atoms with Crippen LogP contribution in [-0.2, 0) is 0 Å². The van der Waals surface area contributed by atoms with Crippen molar-refractivity contribution in [3.63, 3.8) is 0 Å². The summed E-state index contributed by atoms with van der Waals surface area (Å²) in [5.41, 5.74) is 1.47. The Labute approximate surface area is 212 Å². The molecule has 1 amide bonds. The minimum atomic E-state index is -1.18. The average Bonchev–Trinajstić information content (AvgIpc) is 3.51. The number of carbonyl (C=O) groups is 1. The zero-order chi connectivity index (χ0) is 25.1. The number of H-pyrrole nitrogens is 1. The molecule has 3 aromatic heterocycles. The molecule has 2 N–H and O–H groups in total. The summed E-state index contributed by atoms with van der Waals surface area (Å²) in [6.45, 7) is 0.978. The highest BCUT2D eigenvalue weighted by Gasteiger charge is 2.57. The zero-order valence-electron chi connectivity index (χ0n) is 20.2. The molecule has 4 heterocycles. The molecule has 0 spiro atoms. The Hall–Kier alpha value is -3.81. The Balaban J connectivity index is 1.11. The Morgan fingerprint density at radius 3 is 2.95 bits per heavy atom. The van der Waals surface area contributed by atoms with Crippen molar-refractivity contribution in [1.29, 1.82) is 5.26 Å². The van der Waals surface area contributed by atoms with Gasteiger partial charge < -0.3 is 15.0 Å². The van der Waals surface area contributed by atoms with E-state index in [9.17, 15) is 4.79 Å². The molecule has 2 bridgehead atoms. The van der Waals surface area contributed by atoms with Gasteiger partial charge in [0.15, 0.2) is 5.65 Å². The molecule has 37 heavy (non-hydrogen) atoms. The lowest BCUT2D eigenvalue weighted by Gasteiger charge is -2.61. The summed E-state index contributed by atoms with van der Waals surface area (Å²) in [6.07, 6.45) is 4.89. The molecule has 11 heteroatoms. The van der Waals surface area contributed by atoms with Crippen LogP contribution in [0.1, 0.15) is 54.2 Å². The Kier molecular flexibility index (Phi) is 5.06. The van der Waals surface area contributed by atoms with Crippen molar-refractivity contribution in [1.82, 2.24) is 30.5 Å². The monoisotopic (exact) mass is 502 g/mol. The Morgan fingerprint density at radius 2 is 2.22 bits per heavy atom. The van der Waals surface area contributed by atoms with E-state index < -0.39 is 6.17 Å². The first-order valence-electron chi connectivity index (χ1n) is 12.9. The van der Waals surface area contributed by atoms with E-state index in [4.69, 9.17) is 10.00 Å². The molecule has 5 aliphatic rings. The summed E-state index contributed by atoms with van der Waals surface area (Å²) >= 11 is 0. The van der Waals surface area contributed by atoms with E-state index in [1.807, 2.05) is 17.0 Å². The van der Waals surface area contributed by atoms with E-state index in [1.165, 1.54) is 0 Å². The van der Waals surface area contributed by atoms with Crippen molar-refractivity contribution in [2.75, 3.05) is 24.6 Å². The van der Waals surface area contributed by atoms with Gasteiger partial charge in [0.05, 0.1) is 30.8 Å². The number of piperidine rings is 1. The molecule has 0 aromatic carbocycles. The normalized spacial score (nSPS) is 31.7. The summed E-state index contributed by atoms with van der Waals surface area (Å²) in [5.74, 6) is 0.730. The number of hydrogen-bond donors (Lipinski definition) is 2. The Morgan fingerprint density at radius 1 is 1.35 bits per heavy atom. The number of ether oxygens (including phenoxy) is 1. The van der Waals surface area contributed by atoms with Gasteiger partial charge in [0.1, 0.15) is 17.7 Å². The van der Waals surface area contributed by atoms with E-state index in [1.54, 1.807) is 12.3 Å². The summed E-state index contributed by atoms with van der Waals surface area (Å²) in [6, 6.07) is 7.69. The minimum Gasteiger partial charge on any atom is -0.463 e. The third-order valence-corrected chi connectivity index (χ3v) is 8.44. The maximum absolute atomic E-state index is 15.6. The zero-order valence-corrected chi connectivity index (χ0v) is 20.2. The smallest absolute Gasteiger partial charge is 0.319 e. The first kappa shape index (κ1) is 22.4. The maximum atomic E-state index is 15.6. The second-order valence-corrected chi connectivity index (χ2v) is 11.0. The number of hydrogen-bond acceptors (Lipinski definition) is 8. The topological polar surface area (TPSA) is 133 Å². The number of carbonyl (C=O) groups excluding carboxylic acids is 1. The van der Waals surface area contributed by atoms with Crippen molar-refractivity contribution >= 4 is 22.8 Å². The van der Waals surface area contributed by atoms with Gasteiger partial charge in [0, 0.05) is 41.6 Å². The number of fused-ring (bicyclic) bond motifs is 1. The van der Waals surface area contributed by atoms with Gasteiger partial charge in [0.25, 0.3) is 5.91 Å². The average molecular weight is 503 g/mol. The summed E-state index contributed by atoms with van der Waals surface area (Å²) in [5, 5.41) is 20.3. The highest BCUT2D eigenvalue weighted by atomic mass is 19.1. The lowest BCUT2D eigenvalue weighted by atomic mass is 9.50. The molecular weight excluding hydrogens is 475 g/mol. The van der Waals surface area contributed by atoms with Gasteiger partial charge in [-0.1, -0.05) is 0 Å². The van der Waals surface area contributed by atoms with Crippen LogP contribution in [0.3, 0.4) is 0 Å². The molecule has 4 aliphatic carbocycles. The number of nitriles is 1. The first-order chi connectivity index (χ1) is 18.0. The third-order valence-electron chi connectivity index (χ3n) is 8.44. The Bertz CT molecular complexity index is 1400. The molecule has 1 aliphatic heterocycles. The number of rotatable bonds is 7. The number of nitrogens with zero attached hydrogens (tertiary/aromatic N) is 6. The number of anilines is 1. The van der Waals surface area contributed by atoms with Crippen molar-refractivity contribution in [2.45, 2.75) is 49.7 Å². The van der Waals surface area contributed by atoms with Crippen LogP contribution in [0.2, 0.25) is 0 Å². The van der Waals surface area contributed by atoms with Crippen LogP contribution >= 0.6 is 0 Å². The van der Waals surface area contributed by atoms with Crippen LogP contribution in [0.25, 0.3) is 11.0 Å². The minimum absolute atomic E-state index is 0.00474. The van der Waals surface area contributed by atoms with Crippen LogP contribution in [0.4, 0.5) is 10.2 Å². The van der Waals surface area contributed by atoms with Crippen LogP contribution in [0, 0.1) is 29.1 Å². The second kappa shape index (κ2) is 8.36. The van der Waals surface area contributed by atoms with Crippen LogP contribution < -0.4 is 15.0 Å². The number of amides is 1. The van der Waals surface area contributed by atoms with Crippen molar-refractivity contribution < 1.29 is 13.9 Å². The highest BCUT2D eigenvalue weighted by molar-refractivity contribution is 5.94. The summed E-state index contributed by atoms with van der Waals surface area (Å²) in [7, 11) is 0. The molecule has 3 aromatic rings. The predicted octanol–water partition coefficient (Wildman–Crippen LogP) is 2.90. The van der Waals surface area contributed by atoms with Crippen LogP contribution in [-0.4, -0.2) is 62.5 Å². The number of aromatic nitrogens is 5. The fraction of sp³-hybridized carbons (Fsp3) is 0.538. The molecule has 5 fully saturated rings. The fourth-order valence-electron chi connectivity index (χ4n) is 6.04. The number of alkyl halides is 1. The SMILES string of the molecule is N#C[C@@H]1C[C@@H]1COc1nc(C(=O)NC23CC(C2)C3)cc(N2CC[C@@H](c3n[nH]c4ncccc34)[C@@H](F)C2)n1. The maximum Gasteiger partial charge on any atom is 0.319 e.